The molecule has 2 aromatic heterocycles. The van der Waals surface area contributed by atoms with Crippen molar-refractivity contribution in [3.63, 3.8) is 0 Å². The predicted octanol–water partition coefficient (Wildman–Crippen LogP) is -4.51. The van der Waals surface area contributed by atoms with Crippen molar-refractivity contribution in [1.29, 1.82) is 0 Å². The number of hydrogen-bond donors (Lipinski definition) is 2. The van der Waals surface area contributed by atoms with E-state index < -0.39 is 29.2 Å². The largest absolute Gasteiger partial charge is 1.00 e. The van der Waals surface area contributed by atoms with Crippen LogP contribution in [0, 0.1) is 0 Å². The van der Waals surface area contributed by atoms with E-state index in [-0.39, 0.29) is 57.5 Å². The molecule has 12 nitrogen and oxygen atoms in total. The molecule has 1 fully saturated rings. The zero-order valence-electron chi connectivity index (χ0n) is 16.1. The van der Waals surface area contributed by atoms with Crippen molar-refractivity contribution < 1.29 is 53.9 Å². The Morgan fingerprint density at radius 1 is 1.42 bits per heavy atom. The van der Waals surface area contributed by atoms with E-state index in [9.17, 15) is 19.5 Å². The number of nitrogens with two attached hydrogens (primary N) is 1. The van der Waals surface area contributed by atoms with Crippen molar-refractivity contribution in [1.82, 2.24) is 24.8 Å². The molecule has 31 heavy (non-hydrogen) atoms. The van der Waals surface area contributed by atoms with Gasteiger partial charge in [-0.2, -0.15) is 0 Å². The number of nitrogen functional groups attached to an aromatic ring is 1. The molecule has 3 N–H and O–H groups in total. The first-order valence-corrected chi connectivity index (χ1v) is 11.0. The molecule has 1 saturated heterocycles. The number of carboxylic acids is 1. The van der Waals surface area contributed by atoms with E-state index in [1.807, 2.05) is 0 Å². The van der Waals surface area contributed by atoms with Crippen molar-refractivity contribution in [2.45, 2.75) is 11.4 Å². The smallest absolute Gasteiger partial charge is 0.543 e. The molecular weight excluding hydrogens is 477 g/mol. The van der Waals surface area contributed by atoms with Crippen molar-refractivity contribution >= 4 is 68.8 Å². The number of β-lactam (4-membered cyclic amide) rings is 1. The predicted molar refractivity (Wildman–Crippen MR) is 107 cm³/mol. The summed E-state index contributed by atoms with van der Waals surface area (Å²) in [4.78, 5) is 47.0. The minimum absolute atomic E-state index is 0. The average molecular weight is 489 g/mol. The second-order valence-electron chi connectivity index (χ2n) is 5.96. The fourth-order valence-corrected chi connectivity index (χ4v) is 5.38. The van der Waals surface area contributed by atoms with Crippen LogP contribution in [0.2, 0.25) is 0 Å². The molecule has 2 aliphatic heterocycles. The van der Waals surface area contributed by atoms with Crippen LogP contribution in [-0.2, 0) is 19.2 Å². The van der Waals surface area contributed by atoms with Gasteiger partial charge in [0.05, 0.1) is 11.7 Å². The van der Waals surface area contributed by atoms with E-state index in [2.05, 4.69) is 25.0 Å². The van der Waals surface area contributed by atoms with Crippen LogP contribution in [0.15, 0.2) is 21.6 Å². The molecule has 4 rings (SSSR count). The standard InChI is InChI=1S/C15H13N7O5S3.Na/c1-27-20-8(7-3-29-15(16)17-7)11(23)18-9-12(24)22-10(14(25)26)5(2-28-13(9)22)6-4-30-21-19-6;/h3-4,9,13H,2H2,1H3,(H2,16,17)(H,18,23)(H,25,26);/q;+1/p-1/b20-8-;/t9-,13-;/m1./s1. The number of carbonyl (C=O) groups excluding carboxylic acids is 3. The SMILES string of the molecule is CO/N=C(\C(=O)N[C@@H]1C(=O)N2C(C(=O)[O-])=C(c3csnn3)CS[C@H]12)c1csc(N)n1.[Na+]. The summed E-state index contributed by atoms with van der Waals surface area (Å²) in [7, 11) is 1.27. The number of oxime groups is 1. The summed E-state index contributed by atoms with van der Waals surface area (Å²) < 4.78 is 3.73. The monoisotopic (exact) mass is 489 g/mol. The topological polar surface area (TPSA) is 176 Å². The Morgan fingerprint density at radius 3 is 2.77 bits per heavy atom. The number of anilines is 1. The maximum Gasteiger partial charge on any atom is 1.00 e. The normalized spacial score (nSPS) is 20.5. The van der Waals surface area contributed by atoms with Gasteiger partial charge in [0.15, 0.2) is 10.8 Å². The molecule has 0 aliphatic carbocycles. The Labute approximate surface area is 209 Å². The van der Waals surface area contributed by atoms with Crippen molar-refractivity contribution in [2.24, 2.45) is 5.16 Å². The quantitative estimate of drug-likeness (QED) is 0.174. The Kier molecular flexibility index (Phi) is 7.33. The minimum atomic E-state index is -1.50. The minimum Gasteiger partial charge on any atom is -0.543 e. The fraction of sp³-hybridized carbons (Fsp3) is 0.267. The van der Waals surface area contributed by atoms with Gasteiger partial charge in [-0.1, -0.05) is 9.64 Å². The number of fused-ring (bicyclic) bond motifs is 1. The summed E-state index contributed by atoms with van der Waals surface area (Å²) in [6.07, 6.45) is 0. The van der Waals surface area contributed by atoms with Crippen LogP contribution < -0.4 is 45.7 Å². The van der Waals surface area contributed by atoms with E-state index in [1.165, 1.54) is 24.3 Å². The summed E-state index contributed by atoms with van der Waals surface area (Å²) in [5, 5.41) is 24.6. The molecule has 0 bridgehead atoms. The third kappa shape index (κ3) is 4.33. The first-order valence-electron chi connectivity index (χ1n) is 8.22. The second-order valence-corrected chi connectivity index (χ2v) is 8.56. The van der Waals surface area contributed by atoms with Gasteiger partial charge in [-0.15, -0.1) is 28.2 Å². The molecule has 16 heteroatoms. The Bertz CT molecular complexity index is 1090. The van der Waals surface area contributed by atoms with Crippen molar-refractivity contribution in [3.05, 3.63) is 27.8 Å². The molecule has 0 radical (unpaired) electrons. The number of aromatic nitrogens is 3. The maximum absolute atomic E-state index is 12.7. The molecule has 0 saturated carbocycles. The van der Waals surface area contributed by atoms with Gasteiger partial charge in [-0.3, -0.25) is 14.5 Å². The number of aliphatic carboxylic acids is 1. The van der Waals surface area contributed by atoms with Crippen molar-refractivity contribution in [2.75, 3.05) is 18.6 Å². The van der Waals surface area contributed by atoms with Gasteiger partial charge in [-0.25, -0.2) is 4.98 Å². The summed E-state index contributed by atoms with van der Waals surface area (Å²) in [5.74, 6) is -2.53. The molecule has 0 aromatic carbocycles. The first-order chi connectivity index (χ1) is 14.4. The Morgan fingerprint density at radius 2 is 2.19 bits per heavy atom. The number of nitrogens with one attached hydrogen (secondary N) is 1. The summed E-state index contributed by atoms with van der Waals surface area (Å²) in [6, 6.07) is -0.954. The molecule has 0 spiro atoms. The third-order valence-electron chi connectivity index (χ3n) is 4.28. The van der Waals surface area contributed by atoms with Crippen LogP contribution in [0.5, 0.6) is 0 Å². The third-order valence-corrected chi connectivity index (χ3v) is 6.74. The van der Waals surface area contributed by atoms with E-state index in [0.29, 0.717) is 11.3 Å². The molecular formula is C15H12N7NaO5S3. The van der Waals surface area contributed by atoms with E-state index >= 15 is 0 Å². The number of thioether (sulfide) groups is 1. The number of nitrogens with zero attached hydrogens (tertiary/aromatic N) is 5. The zero-order valence-corrected chi connectivity index (χ0v) is 20.5. The van der Waals surface area contributed by atoms with Crippen LogP contribution >= 0.6 is 34.6 Å². The van der Waals surface area contributed by atoms with Gasteiger partial charge in [-0.05, 0) is 11.5 Å². The van der Waals surface area contributed by atoms with E-state index in [4.69, 9.17) is 10.6 Å². The van der Waals surface area contributed by atoms with Crippen molar-refractivity contribution in [3.8, 4) is 0 Å². The van der Waals surface area contributed by atoms with Crippen LogP contribution in [0.25, 0.3) is 5.57 Å². The van der Waals surface area contributed by atoms with E-state index in [1.54, 1.807) is 5.38 Å². The van der Waals surface area contributed by atoms with Crippen LogP contribution in [0.4, 0.5) is 5.13 Å². The molecule has 156 valence electrons. The Hall–Kier alpha value is -2.04. The number of amides is 2. The van der Waals surface area contributed by atoms with Gasteiger partial charge in [0.2, 0.25) is 0 Å². The number of rotatable bonds is 6. The van der Waals surface area contributed by atoms with E-state index in [0.717, 1.165) is 27.8 Å². The van der Waals surface area contributed by atoms with Crippen LogP contribution in [0.3, 0.4) is 0 Å². The second kappa shape index (κ2) is 9.62. The molecule has 2 aromatic rings. The average Bonchev–Trinajstić information content (AvgIpc) is 3.40. The van der Waals surface area contributed by atoms with Gasteiger partial charge in [0, 0.05) is 22.1 Å². The molecule has 2 aliphatic rings. The number of thiazole rings is 1. The van der Waals surface area contributed by atoms with Crippen LogP contribution in [-0.4, -0.2) is 67.2 Å². The van der Waals surface area contributed by atoms with Gasteiger partial charge in [0.1, 0.15) is 29.9 Å². The summed E-state index contributed by atoms with van der Waals surface area (Å²) >= 11 is 3.48. The number of carbonyl (C=O) groups is 3. The maximum atomic E-state index is 12.7. The Balaban J connectivity index is 0.00000272. The van der Waals surface area contributed by atoms with Gasteiger partial charge >= 0.3 is 29.6 Å². The first kappa shape index (κ1) is 23.6. The van der Waals surface area contributed by atoms with Gasteiger partial charge in [0.25, 0.3) is 11.8 Å². The number of hydrogen-bond acceptors (Lipinski definition) is 13. The summed E-state index contributed by atoms with van der Waals surface area (Å²) in [6.45, 7) is 0. The van der Waals surface area contributed by atoms with Gasteiger partial charge < -0.3 is 25.8 Å². The fourth-order valence-electron chi connectivity index (χ4n) is 3.00. The number of carboxylic acid groups (broad SMARTS) is 1. The zero-order chi connectivity index (χ0) is 21.4. The molecule has 0 unspecified atom stereocenters. The molecule has 2 amide bonds. The molecule has 4 heterocycles. The molecule has 2 atom stereocenters. The van der Waals surface area contributed by atoms with Crippen LogP contribution in [0.1, 0.15) is 11.4 Å². The summed E-state index contributed by atoms with van der Waals surface area (Å²) in [5.41, 5.74) is 6.11.